The Labute approximate surface area is 83.9 Å². The van der Waals surface area contributed by atoms with Crippen LogP contribution in [0, 0.1) is 0 Å². The van der Waals surface area contributed by atoms with E-state index in [0.717, 1.165) is 0 Å². The van der Waals surface area contributed by atoms with Crippen molar-refractivity contribution >= 4 is 16.9 Å². The molecule has 0 aliphatic heterocycles. The first-order chi connectivity index (χ1) is 7.24. The number of aromatic nitrogens is 3. The number of esters is 1. The summed E-state index contributed by atoms with van der Waals surface area (Å²) >= 11 is 0. The highest BCUT2D eigenvalue weighted by Crippen LogP contribution is 2.10. The van der Waals surface area contributed by atoms with E-state index < -0.39 is 11.5 Å². The van der Waals surface area contributed by atoms with Gasteiger partial charge in [-0.15, -0.1) is 0 Å². The first-order valence-electron chi connectivity index (χ1n) is 4.15. The van der Waals surface area contributed by atoms with Crippen LogP contribution in [0.15, 0.2) is 23.1 Å². The fourth-order valence-electron chi connectivity index (χ4n) is 1.25. The molecule has 6 nitrogen and oxygen atoms in total. The molecule has 2 heterocycles. The predicted octanol–water partition coefficient (Wildman–Crippen LogP) is 0.105. The van der Waals surface area contributed by atoms with E-state index in [1.165, 1.54) is 13.3 Å². The Bertz CT molecular complexity index is 576. The number of rotatable bonds is 1. The van der Waals surface area contributed by atoms with Crippen LogP contribution in [0.3, 0.4) is 0 Å². The van der Waals surface area contributed by atoms with Crippen molar-refractivity contribution in [2.45, 2.75) is 0 Å². The Kier molecular flexibility index (Phi) is 2.17. The summed E-state index contributed by atoms with van der Waals surface area (Å²) in [6.45, 7) is 0. The Morgan fingerprint density at radius 2 is 2.33 bits per heavy atom. The Hall–Kier alpha value is -2.24. The molecule has 0 radical (unpaired) electrons. The van der Waals surface area contributed by atoms with Gasteiger partial charge in [-0.25, -0.2) is 9.89 Å². The number of carbonyl (C=O) groups is 1. The van der Waals surface area contributed by atoms with Crippen LogP contribution in [-0.2, 0) is 4.74 Å². The normalized spacial score (nSPS) is 10.2. The van der Waals surface area contributed by atoms with E-state index in [0.29, 0.717) is 5.39 Å². The van der Waals surface area contributed by atoms with Crippen LogP contribution in [0.1, 0.15) is 10.5 Å². The SMILES string of the molecule is COC(=O)c1n[nH]c(=O)c2ncccc12. The third kappa shape index (κ3) is 1.45. The maximum Gasteiger partial charge on any atom is 0.359 e. The van der Waals surface area contributed by atoms with Gasteiger partial charge in [0.25, 0.3) is 5.56 Å². The Morgan fingerprint density at radius 1 is 1.53 bits per heavy atom. The van der Waals surface area contributed by atoms with Crippen LogP contribution in [0.25, 0.3) is 10.9 Å². The minimum Gasteiger partial charge on any atom is -0.464 e. The van der Waals surface area contributed by atoms with Crippen molar-refractivity contribution in [2.24, 2.45) is 0 Å². The molecule has 0 spiro atoms. The number of H-pyrrole nitrogens is 1. The molecular formula is C9H7N3O3. The van der Waals surface area contributed by atoms with Gasteiger partial charge in [0.2, 0.25) is 0 Å². The molecule has 2 aromatic heterocycles. The first-order valence-corrected chi connectivity index (χ1v) is 4.15. The molecule has 15 heavy (non-hydrogen) atoms. The molecular weight excluding hydrogens is 198 g/mol. The molecule has 0 saturated carbocycles. The molecule has 0 aromatic carbocycles. The van der Waals surface area contributed by atoms with Crippen molar-refractivity contribution in [3.05, 3.63) is 34.4 Å². The minimum absolute atomic E-state index is 0.0557. The lowest BCUT2D eigenvalue weighted by atomic mass is 10.2. The molecule has 1 N–H and O–H groups in total. The summed E-state index contributed by atoms with van der Waals surface area (Å²) in [5.74, 6) is -0.607. The largest absolute Gasteiger partial charge is 0.464 e. The summed E-state index contributed by atoms with van der Waals surface area (Å²) in [5.41, 5.74) is -0.202. The number of fused-ring (bicyclic) bond motifs is 1. The molecule has 0 amide bonds. The van der Waals surface area contributed by atoms with Crippen LogP contribution in [0.5, 0.6) is 0 Å². The quantitative estimate of drug-likeness (QED) is 0.667. The molecule has 0 saturated heterocycles. The van der Waals surface area contributed by atoms with Crippen LogP contribution >= 0.6 is 0 Å². The van der Waals surface area contributed by atoms with Crippen LogP contribution in [-0.4, -0.2) is 28.3 Å². The predicted molar refractivity (Wildman–Crippen MR) is 51.5 cm³/mol. The fourth-order valence-corrected chi connectivity index (χ4v) is 1.25. The molecule has 0 unspecified atom stereocenters. The minimum atomic E-state index is -0.607. The highest BCUT2D eigenvalue weighted by atomic mass is 16.5. The number of hydrogen-bond donors (Lipinski definition) is 1. The van der Waals surface area contributed by atoms with E-state index in [1.807, 2.05) is 0 Å². The summed E-state index contributed by atoms with van der Waals surface area (Å²) < 4.78 is 4.53. The van der Waals surface area contributed by atoms with Crippen LogP contribution in [0.2, 0.25) is 0 Å². The average molecular weight is 205 g/mol. The molecule has 0 aliphatic rings. The smallest absolute Gasteiger partial charge is 0.359 e. The summed E-state index contributed by atoms with van der Waals surface area (Å²) in [6.07, 6.45) is 1.47. The standard InChI is InChI=1S/C9H7N3O3/c1-15-9(14)7-5-3-2-4-10-6(5)8(13)12-11-7/h2-4H,1H3,(H,12,13). The van der Waals surface area contributed by atoms with Crippen molar-refractivity contribution < 1.29 is 9.53 Å². The van der Waals surface area contributed by atoms with Gasteiger partial charge >= 0.3 is 5.97 Å². The lowest BCUT2D eigenvalue weighted by molar-refractivity contribution is 0.0595. The number of aromatic amines is 1. The van der Waals surface area contributed by atoms with E-state index >= 15 is 0 Å². The second-order valence-corrected chi connectivity index (χ2v) is 2.79. The molecule has 2 rings (SSSR count). The molecule has 76 valence electrons. The topological polar surface area (TPSA) is 84.9 Å². The van der Waals surface area contributed by atoms with E-state index in [-0.39, 0.29) is 11.2 Å². The molecule has 0 fully saturated rings. The highest BCUT2D eigenvalue weighted by molar-refractivity contribution is 6.00. The van der Waals surface area contributed by atoms with Crippen molar-refractivity contribution in [1.82, 2.24) is 15.2 Å². The fraction of sp³-hybridized carbons (Fsp3) is 0.111. The van der Waals surface area contributed by atoms with Gasteiger partial charge in [0, 0.05) is 11.6 Å². The first kappa shape index (κ1) is 9.32. The van der Waals surface area contributed by atoms with E-state index in [2.05, 4.69) is 19.9 Å². The van der Waals surface area contributed by atoms with Crippen molar-refractivity contribution in [1.29, 1.82) is 0 Å². The van der Waals surface area contributed by atoms with Gasteiger partial charge in [-0.2, -0.15) is 5.10 Å². The zero-order valence-electron chi connectivity index (χ0n) is 7.85. The van der Waals surface area contributed by atoms with Crippen molar-refractivity contribution in [3.8, 4) is 0 Å². The number of ether oxygens (including phenoxy) is 1. The lowest BCUT2D eigenvalue weighted by Gasteiger charge is -2.00. The number of carbonyl (C=O) groups excluding carboxylic acids is 1. The zero-order chi connectivity index (χ0) is 10.8. The Morgan fingerprint density at radius 3 is 3.07 bits per heavy atom. The lowest BCUT2D eigenvalue weighted by Crippen LogP contribution is -2.16. The van der Waals surface area contributed by atoms with E-state index in [4.69, 9.17) is 0 Å². The second-order valence-electron chi connectivity index (χ2n) is 2.79. The number of pyridine rings is 1. The molecule has 0 aliphatic carbocycles. The van der Waals surface area contributed by atoms with Crippen molar-refractivity contribution in [2.75, 3.05) is 7.11 Å². The molecule has 0 bridgehead atoms. The van der Waals surface area contributed by atoms with E-state index in [1.54, 1.807) is 12.1 Å². The Balaban J connectivity index is 2.83. The number of methoxy groups -OCH3 is 1. The van der Waals surface area contributed by atoms with Gasteiger partial charge in [-0.05, 0) is 12.1 Å². The summed E-state index contributed by atoms with van der Waals surface area (Å²) in [5, 5.41) is 6.20. The molecule has 0 atom stereocenters. The van der Waals surface area contributed by atoms with Gasteiger partial charge in [0.15, 0.2) is 5.69 Å². The zero-order valence-corrected chi connectivity index (χ0v) is 7.85. The van der Waals surface area contributed by atoms with E-state index in [9.17, 15) is 9.59 Å². The maximum absolute atomic E-state index is 11.3. The van der Waals surface area contributed by atoms with Crippen LogP contribution < -0.4 is 5.56 Å². The van der Waals surface area contributed by atoms with Gasteiger partial charge in [-0.1, -0.05) is 0 Å². The second kappa shape index (κ2) is 3.49. The van der Waals surface area contributed by atoms with Gasteiger partial charge < -0.3 is 4.74 Å². The van der Waals surface area contributed by atoms with Crippen molar-refractivity contribution in [3.63, 3.8) is 0 Å². The highest BCUT2D eigenvalue weighted by Gasteiger charge is 2.14. The van der Waals surface area contributed by atoms with Crippen LogP contribution in [0.4, 0.5) is 0 Å². The number of nitrogens with zero attached hydrogens (tertiary/aromatic N) is 2. The van der Waals surface area contributed by atoms with Gasteiger partial charge in [0.05, 0.1) is 7.11 Å². The van der Waals surface area contributed by atoms with Gasteiger partial charge in [0.1, 0.15) is 5.52 Å². The molecule has 2 aromatic rings. The number of nitrogens with one attached hydrogen (secondary N) is 1. The third-order valence-electron chi connectivity index (χ3n) is 1.93. The monoisotopic (exact) mass is 205 g/mol. The van der Waals surface area contributed by atoms with Gasteiger partial charge in [-0.3, -0.25) is 9.78 Å². The molecule has 6 heteroatoms. The number of hydrogen-bond acceptors (Lipinski definition) is 5. The third-order valence-corrected chi connectivity index (χ3v) is 1.93. The average Bonchev–Trinajstić information content (AvgIpc) is 2.29. The summed E-state index contributed by atoms with van der Waals surface area (Å²) in [7, 11) is 1.25. The maximum atomic E-state index is 11.3. The summed E-state index contributed by atoms with van der Waals surface area (Å²) in [6, 6.07) is 3.22. The summed E-state index contributed by atoms with van der Waals surface area (Å²) in [4.78, 5) is 26.5.